The zero-order valence-electron chi connectivity index (χ0n) is 7.57. The first-order valence-corrected chi connectivity index (χ1v) is 4.11. The van der Waals surface area contributed by atoms with Crippen LogP contribution in [0, 0.1) is 0 Å². The lowest BCUT2D eigenvalue weighted by Crippen LogP contribution is -2.56. The Morgan fingerprint density at radius 2 is 1.80 bits per heavy atom. The van der Waals surface area contributed by atoms with Crippen molar-refractivity contribution in [3.8, 4) is 0 Å². The number of nitrogens with two attached hydrogens (primary N) is 1. The van der Waals surface area contributed by atoms with Crippen LogP contribution in [0.25, 0.3) is 0 Å². The molecule has 0 atom stereocenters. The molecule has 0 aromatic carbocycles. The summed E-state index contributed by atoms with van der Waals surface area (Å²) in [5.41, 5.74) is 5.95. The van der Waals surface area contributed by atoms with Gasteiger partial charge in [0.2, 0.25) is 0 Å². The second-order valence-corrected chi connectivity index (χ2v) is 2.98. The van der Waals surface area contributed by atoms with Crippen molar-refractivity contribution in [1.29, 1.82) is 0 Å². The average molecular weight is 144 g/mol. The molecule has 2 heteroatoms. The monoisotopic (exact) mass is 144 g/mol. The van der Waals surface area contributed by atoms with E-state index in [4.69, 9.17) is 5.73 Å². The predicted molar refractivity (Wildman–Crippen MR) is 46.0 cm³/mol. The molecule has 1 rings (SSSR count). The summed E-state index contributed by atoms with van der Waals surface area (Å²) in [5.74, 6) is 0. The van der Waals surface area contributed by atoms with E-state index >= 15 is 0 Å². The number of hydrogen-bond acceptors (Lipinski definition) is 2. The summed E-state index contributed by atoms with van der Waals surface area (Å²) in [6.45, 7) is 6.20. The lowest BCUT2D eigenvalue weighted by molar-refractivity contribution is 0.189. The van der Waals surface area contributed by atoms with Gasteiger partial charge >= 0.3 is 0 Å². The summed E-state index contributed by atoms with van der Waals surface area (Å²) in [4.78, 5) is 0. The van der Waals surface area contributed by atoms with E-state index in [0.29, 0.717) is 11.6 Å². The summed E-state index contributed by atoms with van der Waals surface area (Å²) in [6, 6.07) is 0.451. The first-order valence-electron chi connectivity index (χ1n) is 4.11. The Balaban J connectivity index is 0.000000371. The Kier molecular flexibility index (Phi) is 3.91. The van der Waals surface area contributed by atoms with Crippen molar-refractivity contribution >= 4 is 0 Å². The van der Waals surface area contributed by atoms with Crippen LogP contribution >= 0.6 is 0 Å². The maximum Gasteiger partial charge on any atom is 0.0179 e. The van der Waals surface area contributed by atoms with Gasteiger partial charge in [0, 0.05) is 11.6 Å². The van der Waals surface area contributed by atoms with Gasteiger partial charge in [0.15, 0.2) is 0 Å². The fourth-order valence-electron chi connectivity index (χ4n) is 1.30. The zero-order chi connectivity index (χ0) is 8.20. The van der Waals surface area contributed by atoms with E-state index in [1.807, 2.05) is 20.9 Å². The van der Waals surface area contributed by atoms with E-state index in [1.165, 1.54) is 0 Å². The summed E-state index contributed by atoms with van der Waals surface area (Å²) in [7, 11) is 1.99. The maximum absolute atomic E-state index is 5.59. The molecular weight excluding hydrogens is 124 g/mol. The van der Waals surface area contributed by atoms with Gasteiger partial charge in [0.05, 0.1) is 0 Å². The molecule has 0 radical (unpaired) electrons. The first-order chi connectivity index (χ1) is 4.66. The normalized spacial score (nSPS) is 37.5. The van der Waals surface area contributed by atoms with Crippen LogP contribution in [0.5, 0.6) is 0 Å². The summed E-state index contributed by atoms with van der Waals surface area (Å²) in [6.07, 6.45) is 2.26. The highest BCUT2D eigenvalue weighted by Gasteiger charge is 2.36. The highest BCUT2D eigenvalue weighted by Crippen LogP contribution is 2.29. The molecule has 3 N–H and O–H groups in total. The SMILES string of the molecule is CC.CNC1(C)CC(N)C1. The molecule has 0 aromatic heterocycles. The van der Waals surface area contributed by atoms with Crippen molar-refractivity contribution in [1.82, 2.24) is 5.32 Å². The minimum Gasteiger partial charge on any atom is -0.328 e. The average Bonchev–Trinajstić information content (AvgIpc) is 1.90. The molecule has 0 unspecified atom stereocenters. The Morgan fingerprint density at radius 3 is 1.90 bits per heavy atom. The van der Waals surface area contributed by atoms with Gasteiger partial charge < -0.3 is 11.1 Å². The first kappa shape index (κ1) is 9.92. The zero-order valence-corrected chi connectivity index (χ0v) is 7.57. The number of nitrogens with one attached hydrogen (secondary N) is 1. The van der Waals surface area contributed by atoms with Crippen LogP contribution in [0.1, 0.15) is 33.6 Å². The predicted octanol–water partition coefficient (Wildman–Crippen LogP) is 1.11. The van der Waals surface area contributed by atoms with E-state index in [1.54, 1.807) is 0 Å². The van der Waals surface area contributed by atoms with Crippen LogP contribution in [0.3, 0.4) is 0 Å². The molecule has 2 nitrogen and oxygen atoms in total. The largest absolute Gasteiger partial charge is 0.328 e. The third kappa shape index (κ3) is 2.27. The maximum atomic E-state index is 5.59. The van der Waals surface area contributed by atoms with Crippen LogP contribution in [0.4, 0.5) is 0 Å². The second-order valence-electron chi connectivity index (χ2n) is 2.98. The molecule has 1 fully saturated rings. The minimum absolute atomic E-state index is 0.361. The van der Waals surface area contributed by atoms with Gasteiger partial charge in [-0.1, -0.05) is 13.8 Å². The Morgan fingerprint density at radius 1 is 1.40 bits per heavy atom. The molecule has 1 aliphatic carbocycles. The molecule has 1 saturated carbocycles. The van der Waals surface area contributed by atoms with E-state index in [0.717, 1.165) is 12.8 Å². The molecule has 0 spiro atoms. The minimum atomic E-state index is 0.361. The van der Waals surface area contributed by atoms with E-state index < -0.39 is 0 Å². The highest BCUT2D eigenvalue weighted by atomic mass is 15.0. The van der Waals surface area contributed by atoms with E-state index in [9.17, 15) is 0 Å². The molecular formula is C8H20N2. The molecule has 62 valence electrons. The summed E-state index contributed by atoms with van der Waals surface area (Å²) in [5, 5.41) is 3.23. The van der Waals surface area contributed by atoms with Crippen molar-refractivity contribution in [2.45, 2.75) is 45.2 Å². The molecule has 0 heterocycles. The third-order valence-electron chi connectivity index (χ3n) is 2.03. The lowest BCUT2D eigenvalue weighted by atomic mass is 9.75. The molecule has 0 saturated heterocycles. The standard InChI is InChI=1S/C6H14N2.C2H6/c1-6(8-2)3-5(7)4-6;1-2/h5,8H,3-4,7H2,1-2H3;1-2H3. The molecule has 10 heavy (non-hydrogen) atoms. The van der Waals surface area contributed by atoms with Gasteiger partial charge in [0.25, 0.3) is 0 Å². The summed E-state index contributed by atoms with van der Waals surface area (Å²) >= 11 is 0. The van der Waals surface area contributed by atoms with Gasteiger partial charge in [-0.15, -0.1) is 0 Å². The molecule has 0 bridgehead atoms. The van der Waals surface area contributed by atoms with Crippen molar-refractivity contribution in [3.05, 3.63) is 0 Å². The Bertz CT molecular complexity index is 85.3. The van der Waals surface area contributed by atoms with Crippen molar-refractivity contribution in [2.75, 3.05) is 7.05 Å². The summed E-state index contributed by atoms with van der Waals surface area (Å²) < 4.78 is 0. The fourth-order valence-corrected chi connectivity index (χ4v) is 1.30. The van der Waals surface area contributed by atoms with Crippen molar-refractivity contribution in [3.63, 3.8) is 0 Å². The van der Waals surface area contributed by atoms with E-state index in [2.05, 4.69) is 12.2 Å². The number of rotatable bonds is 1. The van der Waals surface area contributed by atoms with Crippen LogP contribution in [0.2, 0.25) is 0 Å². The van der Waals surface area contributed by atoms with E-state index in [-0.39, 0.29) is 0 Å². The van der Waals surface area contributed by atoms with Gasteiger partial charge in [-0.05, 0) is 26.8 Å². The third-order valence-corrected chi connectivity index (χ3v) is 2.03. The quantitative estimate of drug-likeness (QED) is 0.578. The van der Waals surface area contributed by atoms with Gasteiger partial charge in [-0.2, -0.15) is 0 Å². The van der Waals surface area contributed by atoms with Crippen LogP contribution in [0.15, 0.2) is 0 Å². The van der Waals surface area contributed by atoms with Crippen molar-refractivity contribution < 1.29 is 0 Å². The topological polar surface area (TPSA) is 38.0 Å². The Hall–Kier alpha value is -0.0800. The fraction of sp³-hybridized carbons (Fsp3) is 1.00. The van der Waals surface area contributed by atoms with Crippen LogP contribution in [-0.4, -0.2) is 18.6 Å². The molecule has 1 aliphatic rings. The second kappa shape index (κ2) is 3.94. The molecule has 0 aromatic rings. The molecule has 0 amide bonds. The van der Waals surface area contributed by atoms with Gasteiger partial charge in [-0.3, -0.25) is 0 Å². The van der Waals surface area contributed by atoms with Crippen LogP contribution in [-0.2, 0) is 0 Å². The highest BCUT2D eigenvalue weighted by molar-refractivity contribution is 4.98. The van der Waals surface area contributed by atoms with Crippen LogP contribution < -0.4 is 11.1 Å². The van der Waals surface area contributed by atoms with Gasteiger partial charge in [-0.25, -0.2) is 0 Å². The lowest BCUT2D eigenvalue weighted by Gasteiger charge is -2.43. The van der Waals surface area contributed by atoms with Crippen molar-refractivity contribution in [2.24, 2.45) is 5.73 Å². The Labute approximate surface area is 64.2 Å². The van der Waals surface area contributed by atoms with Gasteiger partial charge in [0.1, 0.15) is 0 Å². The molecule has 0 aliphatic heterocycles. The number of hydrogen-bond donors (Lipinski definition) is 2. The smallest absolute Gasteiger partial charge is 0.0179 e.